The summed E-state index contributed by atoms with van der Waals surface area (Å²) in [5.74, 6) is 0.913. The minimum atomic E-state index is -0.253. The summed E-state index contributed by atoms with van der Waals surface area (Å²) in [5, 5.41) is 5.37. The van der Waals surface area contributed by atoms with Crippen molar-refractivity contribution in [3.63, 3.8) is 0 Å². The summed E-state index contributed by atoms with van der Waals surface area (Å²) >= 11 is 6.11. The Labute approximate surface area is 180 Å². The molecule has 0 saturated heterocycles. The Morgan fingerprint density at radius 1 is 0.800 bits per heavy atom. The summed E-state index contributed by atoms with van der Waals surface area (Å²) in [6, 6.07) is 31.2. The number of hydrazine groups is 1. The zero-order valence-corrected chi connectivity index (χ0v) is 16.9. The Bertz CT molecular complexity index is 1280. The van der Waals surface area contributed by atoms with Gasteiger partial charge in [0, 0.05) is 16.1 Å². The predicted octanol–water partition coefficient (Wildman–Crippen LogP) is 6.49. The summed E-state index contributed by atoms with van der Waals surface area (Å²) in [6.45, 7) is 0. The number of benzene rings is 4. The fourth-order valence-corrected chi connectivity index (χ4v) is 4.44. The minimum Gasteiger partial charge on any atom is -0.469 e. The molecule has 2 heterocycles. The first-order valence-corrected chi connectivity index (χ1v) is 10.4. The highest BCUT2D eigenvalue weighted by Gasteiger charge is 2.39. The number of rotatable bonds is 2. The van der Waals surface area contributed by atoms with E-state index in [0.717, 1.165) is 33.2 Å². The molecule has 4 aromatic rings. The van der Waals surface area contributed by atoms with E-state index in [1.165, 1.54) is 10.8 Å². The molecule has 0 fully saturated rings. The van der Waals surface area contributed by atoms with Gasteiger partial charge in [0.2, 0.25) is 0 Å². The molecule has 30 heavy (non-hydrogen) atoms. The quantitative estimate of drug-likeness (QED) is 0.409. The predicted molar refractivity (Wildman–Crippen MR) is 121 cm³/mol. The molecule has 0 spiro atoms. The lowest BCUT2D eigenvalue weighted by Crippen LogP contribution is -2.43. The van der Waals surface area contributed by atoms with Crippen molar-refractivity contribution >= 4 is 28.1 Å². The lowest BCUT2D eigenvalue weighted by molar-refractivity contribution is -0.0326. The fourth-order valence-electron chi connectivity index (χ4n) is 4.31. The molecular weight excluding hydrogens is 392 g/mol. The molecule has 3 nitrogen and oxygen atoms in total. The van der Waals surface area contributed by atoms with Crippen LogP contribution in [-0.2, 0) is 0 Å². The van der Waals surface area contributed by atoms with Crippen LogP contribution in [0.3, 0.4) is 0 Å². The molecule has 0 aliphatic carbocycles. The maximum absolute atomic E-state index is 6.41. The maximum Gasteiger partial charge on any atom is 0.195 e. The molecular formula is C26H19ClN2O. The zero-order chi connectivity index (χ0) is 20.1. The second-order valence-corrected chi connectivity index (χ2v) is 8.10. The summed E-state index contributed by atoms with van der Waals surface area (Å²) in [4.78, 5) is 0. The van der Waals surface area contributed by atoms with Crippen LogP contribution in [0.2, 0.25) is 5.02 Å². The van der Waals surface area contributed by atoms with Gasteiger partial charge in [-0.3, -0.25) is 0 Å². The van der Waals surface area contributed by atoms with Gasteiger partial charge in [0.05, 0.1) is 11.7 Å². The van der Waals surface area contributed by atoms with Gasteiger partial charge in [-0.05, 0) is 46.7 Å². The summed E-state index contributed by atoms with van der Waals surface area (Å²) in [5.41, 5.74) is 8.08. The van der Waals surface area contributed by atoms with Crippen LogP contribution in [0.4, 0.5) is 0 Å². The average molecular weight is 411 g/mol. The average Bonchev–Trinajstić information content (AvgIpc) is 3.25. The zero-order valence-electron chi connectivity index (χ0n) is 16.1. The lowest BCUT2D eigenvalue weighted by atomic mass is 10.00. The fraction of sp³-hybridized carbons (Fsp3) is 0.0769. The summed E-state index contributed by atoms with van der Waals surface area (Å²) in [7, 11) is 0. The van der Waals surface area contributed by atoms with Crippen molar-refractivity contribution in [1.29, 1.82) is 0 Å². The van der Waals surface area contributed by atoms with Crippen LogP contribution < -0.4 is 10.2 Å². The van der Waals surface area contributed by atoms with Crippen LogP contribution in [0.1, 0.15) is 29.0 Å². The SMILES string of the molecule is Clc1ccc([C@@H]2Oc3ccccc3[C@H]3C=C(c4ccc5ccccc5c4)NN32)cc1. The van der Waals surface area contributed by atoms with Gasteiger partial charge in [-0.25, -0.2) is 0 Å². The molecule has 0 bridgehead atoms. The number of hydrogen-bond donors (Lipinski definition) is 1. The highest BCUT2D eigenvalue weighted by molar-refractivity contribution is 6.30. The Hall–Kier alpha value is -3.27. The van der Waals surface area contributed by atoms with E-state index >= 15 is 0 Å². The molecule has 2 atom stereocenters. The molecule has 0 aromatic heterocycles. The van der Waals surface area contributed by atoms with E-state index in [1.54, 1.807) is 0 Å². The van der Waals surface area contributed by atoms with E-state index in [1.807, 2.05) is 36.4 Å². The molecule has 6 rings (SSSR count). The molecule has 0 saturated carbocycles. The van der Waals surface area contributed by atoms with Gasteiger partial charge >= 0.3 is 0 Å². The minimum absolute atomic E-state index is 0.0806. The topological polar surface area (TPSA) is 24.5 Å². The van der Waals surface area contributed by atoms with Crippen molar-refractivity contribution in [2.24, 2.45) is 0 Å². The van der Waals surface area contributed by atoms with Crippen molar-refractivity contribution < 1.29 is 4.74 Å². The monoisotopic (exact) mass is 410 g/mol. The first kappa shape index (κ1) is 17.6. The molecule has 2 aliphatic heterocycles. The third kappa shape index (κ3) is 2.86. The standard InChI is InChI=1S/C26H19ClN2O/c27-21-13-11-18(12-14-21)26-29-24(22-7-3-4-8-25(22)30-26)16-23(28-29)20-10-9-17-5-1-2-6-19(17)15-20/h1-16,24,26,28H/t24-,26+/m1/s1. The highest BCUT2D eigenvalue weighted by atomic mass is 35.5. The highest BCUT2D eigenvalue weighted by Crippen LogP contribution is 2.46. The third-order valence-electron chi connectivity index (χ3n) is 5.82. The van der Waals surface area contributed by atoms with Gasteiger partial charge in [0.15, 0.2) is 6.23 Å². The number of hydrogen-bond acceptors (Lipinski definition) is 3. The number of nitrogens with zero attached hydrogens (tertiary/aromatic N) is 1. The summed E-state index contributed by atoms with van der Waals surface area (Å²) in [6.07, 6.45) is 2.03. The number of halogens is 1. The number of para-hydroxylation sites is 1. The third-order valence-corrected chi connectivity index (χ3v) is 6.07. The molecule has 4 aromatic carbocycles. The van der Waals surface area contributed by atoms with Crippen LogP contribution in [0.25, 0.3) is 16.5 Å². The van der Waals surface area contributed by atoms with E-state index in [2.05, 4.69) is 71.1 Å². The first-order valence-electron chi connectivity index (χ1n) is 10.0. The van der Waals surface area contributed by atoms with Crippen molar-refractivity contribution in [2.45, 2.75) is 12.3 Å². The second-order valence-electron chi connectivity index (χ2n) is 7.67. The molecule has 2 aliphatic rings. The number of ether oxygens (including phenoxy) is 1. The maximum atomic E-state index is 6.41. The Morgan fingerprint density at radius 2 is 1.57 bits per heavy atom. The van der Waals surface area contributed by atoms with E-state index in [0.29, 0.717) is 0 Å². The number of fused-ring (bicyclic) bond motifs is 4. The van der Waals surface area contributed by atoms with Gasteiger partial charge in [-0.2, -0.15) is 5.01 Å². The lowest BCUT2D eigenvalue weighted by Gasteiger charge is -2.38. The Balaban J connectivity index is 1.43. The first-order chi connectivity index (χ1) is 14.8. The van der Waals surface area contributed by atoms with Crippen LogP contribution in [-0.4, -0.2) is 5.01 Å². The normalized spacial score (nSPS) is 20.1. The van der Waals surface area contributed by atoms with Crippen LogP contribution in [0.15, 0.2) is 97.1 Å². The second kappa shape index (κ2) is 6.91. The molecule has 0 amide bonds. The van der Waals surface area contributed by atoms with Crippen LogP contribution in [0.5, 0.6) is 5.75 Å². The number of nitrogens with one attached hydrogen (secondary N) is 1. The van der Waals surface area contributed by atoms with Crippen LogP contribution in [0, 0.1) is 0 Å². The Morgan fingerprint density at radius 3 is 2.43 bits per heavy atom. The van der Waals surface area contributed by atoms with E-state index in [-0.39, 0.29) is 12.3 Å². The Kier molecular flexibility index (Phi) is 4.05. The van der Waals surface area contributed by atoms with Crippen molar-refractivity contribution in [1.82, 2.24) is 10.4 Å². The molecule has 1 N–H and O–H groups in total. The van der Waals surface area contributed by atoms with Crippen LogP contribution >= 0.6 is 11.6 Å². The van der Waals surface area contributed by atoms with Crippen molar-refractivity contribution in [3.8, 4) is 5.75 Å². The largest absolute Gasteiger partial charge is 0.469 e. The van der Waals surface area contributed by atoms with Gasteiger partial charge in [-0.1, -0.05) is 78.3 Å². The van der Waals surface area contributed by atoms with Gasteiger partial charge in [0.25, 0.3) is 0 Å². The van der Waals surface area contributed by atoms with Gasteiger partial charge in [-0.15, -0.1) is 0 Å². The van der Waals surface area contributed by atoms with Gasteiger partial charge < -0.3 is 10.2 Å². The van der Waals surface area contributed by atoms with Crippen molar-refractivity contribution in [2.75, 3.05) is 0 Å². The van der Waals surface area contributed by atoms with E-state index in [9.17, 15) is 0 Å². The molecule has 4 heteroatoms. The van der Waals surface area contributed by atoms with Crippen molar-refractivity contribution in [3.05, 3.63) is 119 Å². The summed E-state index contributed by atoms with van der Waals surface area (Å²) < 4.78 is 6.41. The smallest absolute Gasteiger partial charge is 0.195 e. The van der Waals surface area contributed by atoms with E-state index < -0.39 is 0 Å². The van der Waals surface area contributed by atoms with Gasteiger partial charge in [0.1, 0.15) is 5.75 Å². The molecule has 0 unspecified atom stereocenters. The van der Waals surface area contributed by atoms with E-state index in [4.69, 9.17) is 16.3 Å². The molecule has 146 valence electrons. The molecule has 0 radical (unpaired) electrons.